The molecule has 1 aliphatic heterocycles. The van der Waals surface area contributed by atoms with Crippen molar-refractivity contribution in [1.29, 1.82) is 0 Å². The predicted molar refractivity (Wildman–Crippen MR) is 67.3 cm³/mol. The minimum absolute atomic E-state index is 0.347. The molecule has 0 spiro atoms. The van der Waals surface area contributed by atoms with Gasteiger partial charge in [-0.3, -0.25) is 4.90 Å². The predicted octanol–water partition coefficient (Wildman–Crippen LogP) is 2.64. The van der Waals surface area contributed by atoms with E-state index in [1.54, 1.807) is 0 Å². The summed E-state index contributed by atoms with van der Waals surface area (Å²) in [4.78, 5) is 2.67. The van der Waals surface area contributed by atoms with E-state index in [0.717, 1.165) is 6.54 Å². The van der Waals surface area contributed by atoms with Crippen LogP contribution in [0.5, 0.6) is 0 Å². The third-order valence-corrected chi connectivity index (χ3v) is 3.64. The molecule has 1 N–H and O–H groups in total. The third kappa shape index (κ3) is 3.76. The van der Waals surface area contributed by atoms with Gasteiger partial charge in [-0.15, -0.1) is 0 Å². The number of hydrogen-bond acceptors (Lipinski definition) is 2. The number of unbranched alkanes of at least 4 members (excludes halogenated alkanes) is 2. The molecule has 0 aromatic carbocycles. The molecular weight excluding hydrogens is 184 g/mol. The average Bonchev–Trinajstić information content (AvgIpc) is 2.21. The number of piperazine rings is 1. The van der Waals surface area contributed by atoms with Crippen LogP contribution in [0.1, 0.15) is 53.4 Å². The molecule has 1 unspecified atom stereocenters. The van der Waals surface area contributed by atoms with E-state index < -0.39 is 0 Å². The van der Waals surface area contributed by atoms with Crippen molar-refractivity contribution in [3.63, 3.8) is 0 Å². The van der Waals surface area contributed by atoms with Crippen LogP contribution in [0.25, 0.3) is 0 Å². The molecule has 1 aliphatic rings. The van der Waals surface area contributed by atoms with Gasteiger partial charge in [0.1, 0.15) is 0 Å². The first-order chi connectivity index (χ1) is 7.10. The maximum atomic E-state index is 3.64. The first-order valence-electron chi connectivity index (χ1n) is 6.58. The average molecular weight is 212 g/mol. The first kappa shape index (κ1) is 13.0. The molecule has 0 aromatic rings. The summed E-state index contributed by atoms with van der Waals surface area (Å²) >= 11 is 0. The van der Waals surface area contributed by atoms with Gasteiger partial charge in [0.25, 0.3) is 0 Å². The van der Waals surface area contributed by atoms with Crippen LogP contribution in [-0.2, 0) is 0 Å². The fourth-order valence-electron chi connectivity index (χ4n) is 2.30. The Kier molecular flexibility index (Phi) is 5.07. The van der Waals surface area contributed by atoms with Crippen LogP contribution in [0, 0.1) is 0 Å². The van der Waals surface area contributed by atoms with E-state index in [1.165, 1.54) is 38.8 Å². The van der Waals surface area contributed by atoms with Crippen LogP contribution in [0.2, 0.25) is 0 Å². The second-order valence-electron chi connectivity index (χ2n) is 5.45. The van der Waals surface area contributed by atoms with Crippen LogP contribution in [0.3, 0.4) is 0 Å². The van der Waals surface area contributed by atoms with Gasteiger partial charge in [0.15, 0.2) is 0 Å². The molecule has 0 saturated carbocycles. The lowest BCUT2D eigenvalue weighted by Crippen LogP contribution is -2.61. The Morgan fingerprint density at radius 1 is 1.27 bits per heavy atom. The summed E-state index contributed by atoms with van der Waals surface area (Å²) in [5.41, 5.74) is 0.347. The molecule has 15 heavy (non-hydrogen) atoms. The van der Waals surface area contributed by atoms with Gasteiger partial charge >= 0.3 is 0 Å². The van der Waals surface area contributed by atoms with Crippen LogP contribution < -0.4 is 5.32 Å². The van der Waals surface area contributed by atoms with Crippen molar-refractivity contribution in [2.45, 2.75) is 65.0 Å². The van der Waals surface area contributed by atoms with Crippen molar-refractivity contribution in [3.8, 4) is 0 Å². The molecule has 0 bridgehead atoms. The lowest BCUT2D eigenvalue weighted by Gasteiger charge is -2.46. The van der Waals surface area contributed by atoms with Crippen LogP contribution in [-0.4, -0.2) is 36.1 Å². The second kappa shape index (κ2) is 5.86. The minimum Gasteiger partial charge on any atom is -0.311 e. The van der Waals surface area contributed by atoms with Gasteiger partial charge in [-0.2, -0.15) is 0 Å². The number of rotatable bonds is 5. The van der Waals surface area contributed by atoms with E-state index >= 15 is 0 Å². The smallest absolute Gasteiger partial charge is 0.0278 e. The van der Waals surface area contributed by atoms with E-state index in [2.05, 4.69) is 37.9 Å². The lowest BCUT2D eigenvalue weighted by molar-refractivity contribution is 0.0635. The fourth-order valence-corrected chi connectivity index (χ4v) is 2.30. The third-order valence-electron chi connectivity index (χ3n) is 3.64. The van der Waals surface area contributed by atoms with Crippen molar-refractivity contribution in [3.05, 3.63) is 0 Å². The zero-order valence-electron chi connectivity index (χ0n) is 11.0. The lowest BCUT2D eigenvalue weighted by atomic mass is 9.96. The Bertz CT molecular complexity index is 177. The fraction of sp³-hybridized carbons (Fsp3) is 1.00. The number of nitrogens with zero attached hydrogens (tertiary/aromatic N) is 1. The van der Waals surface area contributed by atoms with Crippen molar-refractivity contribution in [2.24, 2.45) is 0 Å². The van der Waals surface area contributed by atoms with E-state index in [4.69, 9.17) is 0 Å². The molecule has 2 nitrogen and oxygen atoms in total. The quantitative estimate of drug-likeness (QED) is 0.705. The van der Waals surface area contributed by atoms with Crippen molar-refractivity contribution in [2.75, 3.05) is 19.6 Å². The molecule has 0 amide bonds. The highest BCUT2D eigenvalue weighted by Gasteiger charge is 2.32. The van der Waals surface area contributed by atoms with Gasteiger partial charge in [-0.25, -0.2) is 0 Å². The molecule has 0 radical (unpaired) electrons. The highest BCUT2D eigenvalue weighted by atomic mass is 15.3. The second-order valence-corrected chi connectivity index (χ2v) is 5.45. The van der Waals surface area contributed by atoms with Crippen molar-refractivity contribution in [1.82, 2.24) is 10.2 Å². The molecule has 1 atom stereocenters. The monoisotopic (exact) mass is 212 g/mol. The van der Waals surface area contributed by atoms with Gasteiger partial charge in [-0.05, 0) is 33.2 Å². The number of nitrogens with one attached hydrogen (secondary N) is 1. The van der Waals surface area contributed by atoms with Gasteiger partial charge in [-0.1, -0.05) is 26.7 Å². The van der Waals surface area contributed by atoms with E-state index in [0.29, 0.717) is 11.6 Å². The summed E-state index contributed by atoms with van der Waals surface area (Å²) in [5.74, 6) is 0. The van der Waals surface area contributed by atoms with Crippen LogP contribution in [0.15, 0.2) is 0 Å². The Balaban J connectivity index is 2.41. The molecular formula is C13H28N2. The molecule has 2 heteroatoms. The molecule has 0 aliphatic carbocycles. The highest BCUT2D eigenvalue weighted by Crippen LogP contribution is 2.20. The summed E-state index contributed by atoms with van der Waals surface area (Å²) in [6.07, 6.45) is 5.30. The van der Waals surface area contributed by atoms with Gasteiger partial charge in [0, 0.05) is 24.7 Å². The molecule has 1 heterocycles. The molecule has 1 rings (SSSR count). The summed E-state index contributed by atoms with van der Waals surface area (Å²) < 4.78 is 0. The topological polar surface area (TPSA) is 15.3 Å². The van der Waals surface area contributed by atoms with Crippen molar-refractivity contribution < 1.29 is 0 Å². The highest BCUT2D eigenvalue weighted by molar-refractivity contribution is 4.92. The van der Waals surface area contributed by atoms with E-state index in [1.807, 2.05) is 0 Å². The minimum atomic E-state index is 0.347. The Hall–Kier alpha value is -0.0800. The first-order valence-corrected chi connectivity index (χ1v) is 6.58. The summed E-state index contributed by atoms with van der Waals surface area (Å²) in [7, 11) is 0. The maximum Gasteiger partial charge on any atom is 0.0278 e. The Morgan fingerprint density at radius 2 is 2.00 bits per heavy atom. The molecule has 90 valence electrons. The summed E-state index contributed by atoms with van der Waals surface area (Å²) in [5, 5.41) is 3.64. The molecule has 1 fully saturated rings. The van der Waals surface area contributed by atoms with E-state index in [-0.39, 0.29) is 0 Å². The Morgan fingerprint density at radius 3 is 2.60 bits per heavy atom. The molecule has 1 saturated heterocycles. The SMILES string of the molecule is CCCCCN1CC(CC)NCC1(C)C. The summed E-state index contributed by atoms with van der Waals surface area (Å²) in [6, 6.07) is 0.708. The molecule has 0 aromatic heterocycles. The maximum absolute atomic E-state index is 3.64. The van der Waals surface area contributed by atoms with Gasteiger partial charge in [0.2, 0.25) is 0 Å². The number of hydrogen-bond donors (Lipinski definition) is 1. The zero-order chi connectivity index (χ0) is 11.3. The zero-order valence-corrected chi connectivity index (χ0v) is 11.0. The van der Waals surface area contributed by atoms with Crippen LogP contribution in [0.4, 0.5) is 0 Å². The van der Waals surface area contributed by atoms with Gasteiger partial charge in [0.05, 0.1) is 0 Å². The van der Waals surface area contributed by atoms with Crippen molar-refractivity contribution >= 4 is 0 Å². The summed E-state index contributed by atoms with van der Waals surface area (Å²) in [6.45, 7) is 12.9. The van der Waals surface area contributed by atoms with Crippen LogP contribution >= 0.6 is 0 Å². The Labute approximate surface area is 95.4 Å². The van der Waals surface area contributed by atoms with E-state index in [9.17, 15) is 0 Å². The normalized spacial score (nSPS) is 26.8. The van der Waals surface area contributed by atoms with Gasteiger partial charge < -0.3 is 5.32 Å². The standard InChI is InChI=1S/C13H28N2/c1-5-7-8-9-15-10-12(6-2)14-11-13(15,3)4/h12,14H,5-11H2,1-4H3. The largest absolute Gasteiger partial charge is 0.311 e.